The number of nitrogens with zero attached hydrogens (tertiary/aromatic N) is 2. The second-order valence-electron chi connectivity index (χ2n) is 7.40. The van der Waals surface area contributed by atoms with E-state index in [9.17, 15) is 18.0 Å². The lowest BCUT2D eigenvalue weighted by molar-refractivity contribution is 0.0952. The van der Waals surface area contributed by atoms with Gasteiger partial charge < -0.3 is 9.32 Å². The summed E-state index contributed by atoms with van der Waals surface area (Å²) in [5.41, 5.74) is 2.24. The number of ketones is 1. The first kappa shape index (κ1) is 21.2. The Labute approximate surface area is 179 Å². The van der Waals surface area contributed by atoms with Crippen molar-refractivity contribution in [2.45, 2.75) is 6.42 Å². The molecule has 0 amide bonds. The number of benzene rings is 2. The van der Waals surface area contributed by atoms with Crippen LogP contribution >= 0.6 is 0 Å². The Balaban J connectivity index is 1.29. The Morgan fingerprint density at radius 2 is 1.81 bits per heavy atom. The maximum Gasteiger partial charge on any atom is 0.417 e. The third-order valence-corrected chi connectivity index (χ3v) is 6.89. The smallest absolute Gasteiger partial charge is 0.408 e. The third kappa shape index (κ3) is 5.19. The van der Waals surface area contributed by atoms with Crippen molar-refractivity contribution in [2.75, 3.05) is 32.7 Å². The summed E-state index contributed by atoms with van der Waals surface area (Å²) >= 11 is 0. The van der Waals surface area contributed by atoms with Crippen LogP contribution in [-0.2, 0) is 10.0 Å². The highest BCUT2D eigenvalue weighted by Crippen LogP contribution is 2.15. The van der Waals surface area contributed by atoms with Crippen molar-refractivity contribution in [3.63, 3.8) is 0 Å². The van der Waals surface area contributed by atoms with Gasteiger partial charge in [-0.25, -0.2) is 13.2 Å². The van der Waals surface area contributed by atoms with E-state index in [1.54, 1.807) is 24.3 Å². The van der Waals surface area contributed by atoms with Crippen molar-refractivity contribution < 1.29 is 17.6 Å². The molecular weight excluding hydrogens is 418 g/mol. The second-order valence-corrected chi connectivity index (χ2v) is 9.22. The molecule has 1 aliphatic heterocycles. The zero-order valence-electron chi connectivity index (χ0n) is 16.9. The van der Waals surface area contributed by atoms with Gasteiger partial charge in [-0.2, -0.15) is 4.31 Å². The molecule has 1 N–H and O–H groups in total. The average molecular weight is 442 g/mol. The molecule has 0 atom stereocenters. The van der Waals surface area contributed by atoms with Crippen molar-refractivity contribution >= 4 is 33.0 Å². The quantitative estimate of drug-likeness (QED) is 0.565. The number of aromatic nitrogens is 1. The highest BCUT2D eigenvalue weighted by Gasteiger charge is 2.25. The molecule has 4 rings (SSSR count). The lowest BCUT2D eigenvalue weighted by atomic mass is 10.1. The van der Waals surface area contributed by atoms with Crippen molar-refractivity contribution in [1.82, 2.24) is 14.2 Å². The SMILES string of the molecule is O=C(CCN1CCN(S(=O)(=O)/C=C/c2ccccc2)CC1)c1ccc2[nH]c(=O)oc2c1. The van der Waals surface area contributed by atoms with Crippen LogP contribution in [0.1, 0.15) is 22.3 Å². The number of H-pyrrole nitrogens is 1. The molecule has 2 heterocycles. The number of piperazine rings is 1. The summed E-state index contributed by atoms with van der Waals surface area (Å²) in [4.78, 5) is 28.4. The van der Waals surface area contributed by atoms with E-state index >= 15 is 0 Å². The van der Waals surface area contributed by atoms with Gasteiger partial charge in [0.25, 0.3) is 0 Å². The normalized spacial score (nSPS) is 16.3. The van der Waals surface area contributed by atoms with Gasteiger partial charge in [0, 0.05) is 50.1 Å². The summed E-state index contributed by atoms with van der Waals surface area (Å²) in [6.45, 7) is 2.45. The summed E-state index contributed by atoms with van der Waals surface area (Å²) in [5.74, 6) is -0.599. The first-order valence-corrected chi connectivity index (χ1v) is 11.5. The molecule has 1 fully saturated rings. The predicted octanol–water partition coefficient (Wildman–Crippen LogP) is 2.31. The summed E-state index contributed by atoms with van der Waals surface area (Å²) in [6.07, 6.45) is 1.91. The maximum absolute atomic E-state index is 12.6. The van der Waals surface area contributed by atoms with Crippen LogP contribution in [0.3, 0.4) is 0 Å². The molecule has 2 aromatic carbocycles. The Bertz CT molecular complexity index is 1250. The Kier molecular flexibility index (Phi) is 6.17. The maximum atomic E-state index is 12.6. The molecule has 0 radical (unpaired) electrons. The lowest BCUT2D eigenvalue weighted by Gasteiger charge is -2.33. The molecular formula is C22H23N3O5S. The Morgan fingerprint density at radius 3 is 2.55 bits per heavy atom. The summed E-state index contributed by atoms with van der Waals surface area (Å²) in [7, 11) is -3.48. The van der Waals surface area contributed by atoms with Gasteiger partial charge in [-0.1, -0.05) is 30.3 Å². The number of carbonyl (C=O) groups is 1. The topological polar surface area (TPSA) is 104 Å². The van der Waals surface area contributed by atoms with Gasteiger partial charge in [-0.05, 0) is 29.8 Å². The Morgan fingerprint density at radius 1 is 1.06 bits per heavy atom. The molecule has 9 heteroatoms. The number of sulfonamides is 1. The molecule has 0 aliphatic carbocycles. The fraction of sp³-hybridized carbons (Fsp3) is 0.273. The van der Waals surface area contributed by atoms with Crippen LogP contribution in [-0.4, -0.2) is 61.1 Å². The van der Waals surface area contributed by atoms with E-state index in [-0.39, 0.29) is 5.78 Å². The monoisotopic (exact) mass is 441 g/mol. The lowest BCUT2D eigenvalue weighted by Crippen LogP contribution is -2.48. The van der Waals surface area contributed by atoms with Crippen LogP contribution in [0.25, 0.3) is 17.2 Å². The van der Waals surface area contributed by atoms with Gasteiger partial charge in [-0.3, -0.25) is 9.78 Å². The van der Waals surface area contributed by atoms with E-state index < -0.39 is 15.8 Å². The zero-order chi connectivity index (χ0) is 21.8. The van der Waals surface area contributed by atoms with E-state index in [2.05, 4.69) is 9.88 Å². The van der Waals surface area contributed by atoms with Gasteiger partial charge in [-0.15, -0.1) is 0 Å². The molecule has 0 spiro atoms. The van der Waals surface area contributed by atoms with Crippen LogP contribution < -0.4 is 5.76 Å². The molecule has 31 heavy (non-hydrogen) atoms. The standard InChI is InChI=1S/C22H23N3O5S/c26-20(18-6-7-19-21(16-18)30-22(27)23-19)8-10-24-11-13-25(14-12-24)31(28,29)15-9-17-4-2-1-3-5-17/h1-7,9,15-16H,8,10-14H2,(H,23,27)/b15-9+. The van der Waals surface area contributed by atoms with Crippen LogP contribution in [0.15, 0.2) is 63.2 Å². The molecule has 162 valence electrons. The Hall–Kier alpha value is -3.01. The van der Waals surface area contributed by atoms with Crippen molar-refractivity contribution in [1.29, 1.82) is 0 Å². The summed E-state index contributed by atoms with van der Waals surface area (Å²) in [6, 6.07) is 14.2. The average Bonchev–Trinajstić information content (AvgIpc) is 3.16. The van der Waals surface area contributed by atoms with Gasteiger partial charge in [0.1, 0.15) is 0 Å². The number of rotatable bonds is 7. The van der Waals surface area contributed by atoms with Crippen molar-refractivity contribution in [3.05, 3.63) is 75.6 Å². The number of nitrogens with one attached hydrogen (secondary N) is 1. The van der Waals surface area contributed by atoms with E-state index in [4.69, 9.17) is 4.42 Å². The highest BCUT2D eigenvalue weighted by atomic mass is 32.2. The first-order valence-electron chi connectivity index (χ1n) is 10.0. The number of oxazole rings is 1. The van der Waals surface area contributed by atoms with E-state index in [1.807, 2.05) is 30.3 Å². The highest BCUT2D eigenvalue weighted by molar-refractivity contribution is 7.92. The fourth-order valence-electron chi connectivity index (χ4n) is 3.55. The molecule has 1 saturated heterocycles. The fourth-order valence-corrected chi connectivity index (χ4v) is 4.72. The summed E-state index contributed by atoms with van der Waals surface area (Å²) < 4.78 is 31.6. The minimum absolute atomic E-state index is 0.0494. The number of fused-ring (bicyclic) bond motifs is 1. The van der Waals surface area contributed by atoms with Crippen molar-refractivity contribution in [3.8, 4) is 0 Å². The molecule has 1 aliphatic rings. The van der Waals surface area contributed by atoms with Crippen molar-refractivity contribution in [2.24, 2.45) is 0 Å². The van der Waals surface area contributed by atoms with Crippen LogP contribution in [0.4, 0.5) is 0 Å². The number of carbonyl (C=O) groups excluding carboxylic acids is 1. The molecule has 8 nitrogen and oxygen atoms in total. The van der Waals surface area contributed by atoms with Crippen LogP contribution in [0.2, 0.25) is 0 Å². The van der Waals surface area contributed by atoms with Crippen LogP contribution in [0, 0.1) is 0 Å². The zero-order valence-corrected chi connectivity index (χ0v) is 17.7. The molecule has 3 aromatic rings. The second kappa shape index (κ2) is 9.01. The van der Waals surface area contributed by atoms with E-state index in [0.717, 1.165) is 5.56 Å². The number of hydrogen-bond acceptors (Lipinski definition) is 6. The minimum Gasteiger partial charge on any atom is -0.408 e. The first-order chi connectivity index (χ1) is 14.9. The van der Waals surface area contributed by atoms with Gasteiger partial charge in [0.2, 0.25) is 10.0 Å². The van der Waals surface area contributed by atoms with Crippen LogP contribution in [0.5, 0.6) is 0 Å². The third-order valence-electron chi connectivity index (χ3n) is 5.32. The van der Waals surface area contributed by atoms with Gasteiger partial charge in [0.05, 0.1) is 5.52 Å². The largest absolute Gasteiger partial charge is 0.417 e. The van der Waals surface area contributed by atoms with Gasteiger partial charge in [0.15, 0.2) is 11.4 Å². The van der Waals surface area contributed by atoms with Gasteiger partial charge >= 0.3 is 5.76 Å². The summed E-state index contributed by atoms with van der Waals surface area (Å²) in [5, 5.41) is 1.25. The molecule has 0 unspecified atom stereocenters. The molecule has 0 bridgehead atoms. The number of hydrogen-bond donors (Lipinski definition) is 1. The molecule has 0 saturated carbocycles. The minimum atomic E-state index is -3.48. The number of Topliss-reactive ketones (excluding diaryl/α,β-unsaturated/α-hetero) is 1. The van der Waals surface area contributed by atoms with E-state index in [1.165, 1.54) is 9.71 Å². The predicted molar refractivity (Wildman–Crippen MR) is 118 cm³/mol. The number of aromatic amines is 1. The van der Waals surface area contributed by atoms with E-state index in [0.29, 0.717) is 55.8 Å². The molecule has 1 aromatic heterocycles.